The van der Waals surface area contributed by atoms with E-state index in [-0.39, 0.29) is 0 Å². The normalized spacial score (nSPS) is 12.5. The summed E-state index contributed by atoms with van der Waals surface area (Å²) >= 11 is 1.68. The van der Waals surface area contributed by atoms with Crippen LogP contribution < -0.4 is 0 Å². The van der Waals surface area contributed by atoms with Gasteiger partial charge in [-0.1, -0.05) is 97.9 Å². The lowest BCUT2D eigenvalue weighted by Crippen LogP contribution is -2.28. The van der Waals surface area contributed by atoms with Gasteiger partial charge >= 0.3 is 5.97 Å². The van der Waals surface area contributed by atoms with Crippen molar-refractivity contribution < 1.29 is 9.90 Å². The summed E-state index contributed by atoms with van der Waals surface area (Å²) in [4.78, 5) is 11.4. The maximum absolute atomic E-state index is 11.4. The number of hydrogen-bond acceptors (Lipinski definition) is 2. The lowest BCUT2D eigenvalue weighted by Gasteiger charge is -2.36. The molecule has 0 fully saturated rings. The Hall–Kier alpha value is -2.52. The lowest BCUT2D eigenvalue weighted by atomic mass is 9.84. The number of carboxylic acids is 1. The standard InChI is InChI=1S/C23H22O2S/c1-18(22(24)25)17-26-23(19-11-5-2-6-12-19,20-13-7-3-8-14-20)21-15-9-4-10-16-21/h2-16,18H,17H2,1H3,(H,24,25)/t18-/m1/s1. The Morgan fingerprint density at radius 1 is 0.808 bits per heavy atom. The Morgan fingerprint density at radius 3 is 1.46 bits per heavy atom. The van der Waals surface area contributed by atoms with Crippen LogP contribution >= 0.6 is 11.8 Å². The van der Waals surface area contributed by atoms with Gasteiger partial charge in [-0.25, -0.2) is 0 Å². The van der Waals surface area contributed by atoms with Crippen LogP contribution in [-0.4, -0.2) is 16.8 Å². The van der Waals surface area contributed by atoms with Crippen LogP contribution in [0.25, 0.3) is 0 Å². The van der Waals surface area contributed by atoms with Crippen molar-refractivity contribution in [3.05, 3.63) is 108 Å². The molecule has 132 valence electrons. The van der Waals surface area contributed by atoms with E-state index in [1.54, 1.807) is 18.7 Å². The highest BCUT2D eigenvalue weighted by Gasteiger charge is 2.37. The van der Waals surface area contributed by atoms with Gasteiger partial charge in [-0.05, 0) is 16.7 Å². The first kappa shape index (κ1) is 18.3. The number of benzene rings is 3. The molecule has 0 saturated heterocycles. The van der Waals surface area contributed by atoms with Crippen molar-refractivity contribution in [1.82, 2.24) is 0 Å². The number of hydrogen-bond donors (Lipinski definition) is 1. The molecule has 0 amide bonds. The van der Waals surface area contributed by atoms with E-state index in [0.29, 0.717) is 5.75 Å². The van der Waals surface area contributed by atoms with Crippen molar-refractivity contribution in [3.63, 3.8) is 0 Å². The third kappa shape index (κ3) is 3.68. The Bertz CT molecular complexity index is 735. The van der Waals surface area contributed by atoms with Crippen LogP contribution in [0.2, 0.25) is 0 Å². The van der Waals surface area contributed by atoms with Gasteiger partial charge in [-0.2, -0.15) is 0 Å². The number of aliphatic carboxylic acids is 1. The minimum atomic E-state index is -0.763. The molecular weight excluding hydrogens is 340 g/mol. The van der Waals surface area contributed by atoms with Crippen molar-refractivity contribution in [2.75, 3.05) is 5.75 Å². The summed E-state index contributed by atoms with van der Waals surface area (Å²) in [5.41, 5.74) is 3.46. The molecule has 0 heterocycles. The van der Waals surface area contributed by atoms with Gasteiger partial charge in [0.2, 0.25) is 0 Å². The summed E-state index contributed by atoms with van der Waals surface area (Å²) in [6.07, 6.45) is 0. The van der Waals surface area contributed by atoms with E-state index in [0.717, 1.165) is 16.7 Å². The molecule has 0 spiro atoms. The van der Waals surface area contributed by atoms with Crippen molar-refractivity contribution in [3.8, 4) is 0 Å². The third-order valence-electron chi connectivity index (χ3n) is 4.51. The molecule has 0 saturated carbocycles. The minimum absolute atomic E-state index is 0.421. The average Bonchev–Trinajstić information content (AvgIpc) is 2.70. The van der Waals surface area contributed by atoms with E-state index in [1.165, 1.54) is 0 Å². The zero-order valence-electron chi connectivity index (χ0n) is 14.7. The van der Waals surface area contributed by atoms with Crippen molar-refractivity contribution in [2.45, 2.75) is 11.7 Å². The highest BCUT2D eigenvalue weighted by Crippen LogP contribution is 2.48. The fourth-order valence-electron chi connectivity index (χ4n) is 3.09. The van der Waals surface area contributed by atoms with Gasteiger partial charge < -0.3 is 5.11 Å². The van der Waals surface area contributed by atoms with E-state index in [4.69, 9.17) is 0 Å². The van der Waals surface area contributed by atoms with Crippen LogP contribution in [-0.2, 0) is 9.54 Å². The van der Waals surface area contributed by atoms with E-state index >= 15 is 0 Å². The summed E-state index contributed by atoms with van der Waals surface area (Å²) in [5, 5.41) is 9.38. The second-order valence-corrected chi connectivity index (χ2v) is 7.56. The van der Waals surface area contributed by atoms with Gasteiger partial charge in [-0.15, -0.1) is 11.8 Å². The van der Waals surface area contributed by atoms with Crippen molar-refractivity contribution >= 4 is 17.7 Å². The summed E-state index contributed by atoms with van der Waals surface area (Å²) < 4.78 is -0.451. The van der Waals surface area contributed by atoms with Gasteiger partial charge in [0.1, 0.15) is 0 Å². The second-order valence-electron chi connectivity index (χ2n) is 6.33. The lowest BCUT2D eigenvalue weighted by molar-refractivity contribution is -0.140. The first-order valence-electron chi connectivity index (χ1n) is 8.68. The molecule has 1 N–H and O–H groups in total. The fourth-order valence-corrected chi connectivity index (χ4v) is 4.64. The van der Waals surface area contributed by atoms with E-state index < -0.39 is 16.6 Å². The number of carbonyl (C=O) groups is 1. The van der Waals surface area contributed by atoms with Gasteiger partial charge in [0.25, 0.3) is 0 Å². The monoisotopic (exact) mass is 362 g/mol. The minimum Gasteiger partial charge on any atom is -0.481 e. The molecule has 0 bridgehead atoms. The van der Waals surface area contributed by atoms with E-state index in [1.807, 2.05) is 54.6 Å². The molecule has 0 aliphatic carbocycles. The van der Waals surface area contributed by atoms with Crippen molar-refractivity contribution in [2.24, 2.45) is 5.92 Å². The summed E-state index contributed by atoms with van der Waals surface area (Å²) in [6, 6.07) is 31.0. The molecule has 0 aromatic heterocycles. The molecule has 0 radical (unpaired) electrons. The van der Waals surface area contributed by atoms with Gasteiger partial charge in [-0.3, -0.25) is 4.79 Å². The Balaban J connectivity index is 2.19. The molecule has 3 heteroatoms. The van der Waals surface area contributed by atoms with Crippen LogP contribution in [0.5, 0.6) is 0 Å². The SMILES string of the molecule is C[C@H](CSC(c1ccccc1)(c1ccccc1)c1ccccc1)C(=O)O. The topological polar surface area (TPSA) is 37.3 Å². The highest BCUT2D eigenvalue weighted by atomic mass is 32.2. The van der Waals surface area contributed by atoms with Gasteiger partial charge in [0, 0.05) is 5.75 Å². The third-order valence-corrected chi connectivity index (χ3v) is 6.32. The smallest absolute Gasteiger partial charge is 0.307 e. The quantitative estimate of drug-likeness (QED) is 0.569. The molecule has 3 aromatic carbocycles. The second kappa shape index (κ2) is 8.24. The molecule has 1 atom stereocenters. The maximum atomic E-state index is 11.4. The van der Waals surface area contributed by atoms with Gasteiger partial charge in [0.15, 0.2) is 0 Å². The molecule has 0 aliphatic rings. The van der Waals surface area contributed by atoms with Crippen LogP contribution in [0, 0.1) is 5.92 Å². The molecule has 3 aromatic rings. The zero-order chi connectivity index (χ0) is 18.4. The average molecular weight is 362 g/mol. The number of rotatable bonds is 7. The first-order chi connectivity index (χ1) is 12.6. The molecule has 3 rings (SSSR count). The molecule has 0 unspecified atom stereocenters. The molecular formula is C23H22O2S. The predicted octanol–water partition coefficient (Wildman–Crippen LogP) is 5.43. The predicted molar refractivity (Wildman–Crippen MR) is 108 cm³/mol. The van der Waals surface area contributed by atoms with Crippen LogP contribution in [0.3, 0.4) is 0 Å². The Kier molecular flexibility index (Phi) is 5.79. The summed E-state index contributed by atoms with van der Waals surface area (Å²) in [5.74, 6) is -0.662. The van der Waals surface area contributed by atoms with Crippen LogP contribution in [0.15, 0.2) is 91.0 Å². The van der Waals surface area contributed by atoms with E-state index in [2.05, 4.69) is 36.4 Å². The van der Waals surface area contributed by atoms with Gasteiger partial charge in [0.05, 0.1) is 10.7 Å². The largest absolute Gasteiger partial charge is 0.481 e. The Morgan fingerprint density at radius 2 is 1.15 bits per heavy atom. The van der Waals surface area contributed by atoms with Crippen molar-refractivity contribution in [1.29, 1.82) is 0 Å². The Labute approximate surface area is 158 Å². The molecule has 0 aliphatic heterocycles. The van der Waals surface area contributed by atoms with Crippen LogP contribution in [0.1, 0.15) is 23.6 Å². The number of carboxylic acid groups (broad SMARTS) is 1. The first-order valence-corrected chi connectivity index (χ1v) is 9.66. The summed E-state index contributed by atoms with van der Waals surface area (Å²) in [7, 11) is 0. The fraction of sp³-hybridized carbons (Fsp3) is 0.174. The van der Waals surface area contributed by atoms with Crippen LogP contribution in [0.4, 0.5) is 0 Å². The molecule has 26 heavy (non-hydrogen) atoms. The molecule has 2 nitrogen and oxygen atoms in total. The maximum Gasteiger partial charge on any atom is 0.307 e. The highest BCUT2D eigenvalue weighted by molar-refractivity contribution is 8.00. The number of thioether (sulfide) groups is 1. The van der Waals surface area contributed by atoms with E-state index in [9.17, 15) is 9.90 Å². The zero-order valence-corrected chi connectivity index (χ0v) is 15.5. The summed E-state index contributed by atoms with van der Waals surface area (Å²) in [6.45, 7) is 1.76.